The second kappa shape index (κ2) is 8.01. The molecule has 1 N–H and O–H groups in total. The Hall–Kier alpha value is -2.88. The summed E-state index contributed by atoms with van der Waals surface area (Å²) in [5, 5.41) is 7.22. The largest absolute Gasteiger partial charge is 0.497 e. The summed E-state index contributed by atoms with van der Waals surface area (Å²) in [5.41, 5.74) is -0.697. The highest BCUT2D eigenvalue weighted by Gasteiger charge is 2.49. The maximum atomic E-state index is 12.8. The molecule has 7 nitrogen and oxygen atoms in total. The van der Waals surface area contributed by atoms with Gasteiger partial charge in [0.25, 0.3) is 11.7 Å². The van der Waals surface area contributed by atoms with Crippen LogP contribution in [0.25, 0.3) is 0 Å². The molecule has 1 aliphatic heterocycles. The lowest BCUT2D eigenvalue weighted by Crippen LogP contribution is -2.40. The Morgan fingerprint density at radius 3 is 2.64 bits per heavy atom. The number of amides is 3. The maximum Gasteiger partial charge on any atom is 0.346 e. The van der Waals surface area contributed by atoms with Crippen LogP contribution < -0.4 is 10.1 Å². The maximum absolute atomic E-state index is 12.8. The fourth-order valence-corrected chi connectivity index (χ4v) is 3.10. The average Bonchev–Trinajstić information content (AvgIpc) is 3.22. The molecule has 0 unspecified atom stereocenters. The fourth-order valence-electron chi connectivity index (χ4n) is 2.65. The fraction of sp³-hybridized carbons (Fsp3) is 0.278. The number of nitrogens with zero attached hydrogens (tertiary/aromatic N) is 2. The van der Waals surface area contributed by atoms with Crippen molar-refractivity contribution in [1.82, 2.24) is 10.3 Å². The third-order valence-corrected chi connectivity index (χ3v) is 4.87. The molecule has 28 heavy (non-hydrogen) atoms. The van der Waals surface area contributed by atoms with Crippen molar-refractivity contribution < 1.29 is 27.5 Å². The molecule has 2 aromatic rings. The highest BCUT2D eigenvalue weighted by Crippen LogP contribution is 2.30. The molecule has 0 saturated carbocycles. The lowest BCUT2D eigenvalue weighted by Gasteiger charge is -2.21. The summed E-state index contributed by atoms with van der Waals surface area (Å²) < 4.78 is 34.9. The standard InChI is InChI=1S/C18H17F2N3O4S/c1-18(11-3-5-12(26-2)6-4-11)15(24)23(17(25)22-18)21-9-13-7-8-14(27-13)10-28-16(19)20/h3-9,16H,10H2,1-2H3,(H,22,25)/b21-9-/t18-/m0/s1. The first kappa shape index (κ1) is 19.9. The first-order chi connectivity index (χ1) is 13.3. The number of benzene rings is 1. The van der Waals surface area contributed by atoms with E-state index in [1.807, 2.05) is 0 Å². The predicted octanol–water partition coefficient (Wildman–Crippen LogP) is 3.55. The van der Waals surface area contributed by atoms with E-state index in [9.17, 15) is 18.4 Å². The molecule has 2 heterocycles. The van der Waals surface area contributed by atoms with Crippen LogP contribution in [-0.2, 0) is 16.1 Å². The Bertz CT molecular complexity index is 900. The van der Waals surface area contributed by atoms with Gasteiger partial charge in [0, 0.05) is 0 Å². The van der Waals surface area contributed by atoms with Crippen molar-refractivity contribution in [3.05, 3.63) is 53.5 Å². The number of ether oxygens (including phenoxy) is 1. The van der Waals surface area contributed by atoms with Crippen molar-refractivity contribution in [2.75, 3.05) is 7.11 Å². The molecule has 0 bridgehead atoms. The van der Waals surface area contributed by atoms with Crippen molar-refractivity contribution in [2.24, 2.45) is 5.10 Å². The number of imide groups is 1. The Morgan fingerprint density at radius 1 is 1.29 bits per heavy atom. The summed E-state index contributed by atoms with van der Waals surface area (Å²) in [6.07, 6.45) is 1.19. The molecule has 1 saturated heterocycles. The number of halogens is 2. The monoisotopic (exact) mass is 409 g/mol. The average molecular weight is 409 g/mol. The highest BCUT2D eigenvalue weighted by atomic mass is 32.2. The normalized spacial score (nSPS) is 19.7. The summed E-state index contributed by atoms with van der Waals surface area (Å²) in [5.74, 6) is -1.85. The van der Waals surface area contributed by atoms with Crippen LogP contribution in [0.5, 0.6) is 5.75 Å². The summed E-state index contributed by atoms with van der Waals surface area (Å²) >= 11 is 0.433. The van der Waals surface area contributed by atoms with Crippen LogP contribution in [0.4, 0.5) is 13.6 Å². The SMILES string of the molecule is COc1ccc([C@]2(C)NC(=O)N(/N=C\c3ccc(CSC(F)F)o3)C2=O)cc1. The number of thioether (sulfide) groups is 1. The number of hydrazone groups is 1. The number of carbonyl (C=O) groups is 2. The van der Waals surface area contributed by atoms with E-state index in [1.54, 1.807) is 31.2 Å². The minimum Gasteiger partial charge on any atom is -0.497 e. The van der Waals surface area contributed by atoms with Gasteiger partial charge in [-0.3, -0.25) is 4.79 Å². The van der Waals surface area contributed by atoms with Crippen molar-refractivity contribution in [3.63, 3.8) is 0 Å². The highest BCUT2D eigenvalue weighted by molar-refractivity contribution is 7.98. The van der Waals surface area contributed by atoms with Gasteiger partial charge in [0.2, 0.25) is 0 Å². The van der Waals surface area contributed by atoms with Crippen LogP contribution in [-0.4, -0.2) is 36.0 Å². The quantitative estimate of drug-likeness (QED) is 0.559. The third-order valence-electron chi connectivity index (χ3n) is 4.17. The Balaban J connectivity index is 1.73. The molecule has 1 aliphatic rings. The van der Waals surface area contributed by atoms with E-state index in [-0.39, 0.29) is 11.5 Å². The third kappa shape index (κ3) is 4.01. The van der Waals surface area contributed by atoms with Crippen molar-refractivity contribution in [3.8, 4) is 5.75 Å². The number of rotatable bonds is 7. The zero-order valence-corrected chi connectivity index (χ0v) is 15.8. The molecule has 0 radical (unpaired) electrons. The van der Waals surface area contributed by atoms with E-state index in [0.717, 1.165) is 0 Å². The van der Waals surface area contributed by atoms with Gasteiger partial charge < -0.3 is 14.5 Å². The molecular formula is C18H17F2N3O4S. The minimum absolute atomic E-state index is 0.00415. The first-order valence-corrected chi connectivity index (χ1v) is 9.22. The molecule has 1 atom stereocenters. The molecule has 148 valence electrons. The number of methoxy groups -OCH3 is 1. The lowest BCUT2D eigenvalue weighted by atomic mass is 9.92. The lowest BCUT2D eigenvalue weighted by molar-refractivity contribution is -0.131. The summed E-state index contributed by atoms with van der Waals surface area (Å²) in [7, 11) is 1.53. The van der Waals surface area contributed by atoms with E-state index < -0.39 is 23.2 Å². The second-order valence-corrected chi connectivity index (χ2v) is 7.00. The number of alkyl halides is 2. The van der Waals surface area contributed by atoms with E-state index in [1.165, 1.54) is 25.5 Å². The molecule has 1 aromatic carbocycles. The van der Waals surface area contributed by atoms with Gasteiger partial charge >= 0.3 is 6.03 Å². The molecular weight excluding hydrogens is 392 g/mol. The van der Waals surface area contributed by atoms with Gasteiger partial charge in [-0.05, 0) is 36.8 Å². The van der Waals surface area contributed by atoms with E-state index in [0.29, 0.717) is 33.8 Å². The molecule has 1 aromatic heterocycles. The van der Waals surface area contributed by atoms with Crippen molar-refractivity contribution in [2.45, 2.75) is 24.0 Å². The number of hydrogen-bond donors (Lipinski definition) is 1. The van der Waals surface area contributed by atoms with Gasteiger partial charge in [-0.25, -0.2) is 4.79 Å². The molecule has 3 rings (SSSR count). The van der Waals surface area contributed by atoms with Crippen molar-refractivity contribution >= 4 is 29.9 Å². The first-order valence-electron chi connectivity index (χ1n) is 8.17. The number of hydrogen-bond acceptors (Lipinski definition) is 6. The van der Waals surface area contributed by atoms with Crippen LogP contribution in [0, 0.1) is 0 Å². The van der Waals surface area contributed by atoms with Gasteiger partial charge in [-0.1, -0.05) is 23.9 Å². The summed E-state index contributed by atoms with van der Waals surface area (Å²) in [6, 6.07) is 9.12. The zero-order chi connectivity index (χ0) is 20.3. The van der Waals surface area contributed by atoms with Gasteiger partial charge in [-0.2, -0.15) is 13.9 Å². The summed E-state index contributed by atoms with van der Waals surface area (Å²) in [6.45, 7) is 1.58. The molecule has 3 amide bonds. The Kier molecular flexibility index (Phi) is 5.68. The molecule has 1 fully saturated rings. The zero-order valence-electron chi connectivity index (χ0n) is 15.0. The van der Waals surface area contributed by atoms with Crippen LogP contribution in [0.2, 0.25) is 0 Å². The predicted molar refractivity (Wildman–Crippen MR) is 99.3 cm³/mol. The molecule has 0 aliphatic carbocycles. The van der Waals surface area contributed by atoms with Gasteiger partial charge in [-0.15, -0.1) is 5.01 Å². The summed E-state index contributed by atoms with van der Waals surface area (Å²) in [4.78, 5) is 25.0. The number of carbonyl (C=O) groups excluding carboxylic acids is 2. The number of nitrogens with one attached hydrogen (secondary N) is 1. The number of furan rings is 1. The Labute approximate surface area is 163 Å². The van der Waals surface area contributed by atoms with Crippen LogP contribution in [0.1, 0.15) is 24.0 Å². The van der Waals surface area contributed by atoms with Gasteiger partial charge in [0.05, 0.1) is 19.1 Å². The second-order valence-electron chi connectivity index (χ2n) is 6.02. The van der Waals surface area contributed by atoms with Crippen LogP contribution >= 0.6 is 11.8 Å². The van der Waals surface area contributed by atoms with E-state index in [4.69, 9.17) is 9.15 Å². The van der Waals surface area contributed by atoms with Crippen LogP contribution in [0.15, 0.2) is 45.9 Å². The van der Waals surface area contributed by atoms with Gasteiger partial charge in [0.15, 0.2) is 0 Å². The van der Waals surface area contributed by atoms with Crippen LogP contribution in [0.3, 0.4) is 0 Å². The molecule has 0 spiro atoms. The van der Waals surface area contributed by atoms with E-state index >= 15 is 0 Å². The topological polar surface area (TPSA) is 84.1 Å². The molecule has 10 heteroatoms. The minimum atomic E-state index is -2.50. The van der Waals surface area contributed by atoms with Gasteiger partial charge in [0.1, 0.15) is 22.8 Å². The van der Waals surface area contributed by atoms with Crippen molar-refractivity contribution in [1.29, 1.82) is 0 Å². The smallest absolute Gasteiger partial charge is 0.346 e. The van der Waals surface area contributed by atoms with E-state index in [2.05, 4.69) is 10.4 Å². The Morgan fingerprint density at radius 2 is 2.00 bits per heavy atom. The number of urea groups is 1.